The van der Waals surface area contributed by atoms with Crippen LogP contribution >= 0.6 is 0 Å². The Morgan fingerprint density at radius 3 is 0.754 bits per heavy atom. The molecule has 0 spiro atoms. The van der Waals surface area contributed by atoms with Crippen molar-refractivity contribution in [3.05, 3.63) is 218 Å². The Morgan fingerprint density at radius 2 is 0.475 bits per heavy atom. The molecule has 0 saturated carbocycles. The predicted molar refractivity (Wildman–Crippen MR) is 261 cm³/mol. The van der Waals surface area contributed by atoms with Gasteiger partial charge < -0.3 is 9.13 Å². The number of hydrogen-bond donors (Lipinski definition) is 0. The number of aromatic nitrogens is 2. The van der Waals surface area contributed by atoms with Crippen LogP contribution in [0.3, 0.4) is 0 Å². The molecular formula is C59H38N2. The zero-order chi connectivity index (χ0) is 40.2. The summed E-state index contributed by atoms with van der Waals surface area (Å²) in [5, 5.41) is 15.0. The quantitative estimate of drug-likeness (QED) is 0.158. The van der Waals surface area contributed by atoms with Crippen LogP contribution in [0.4, 0.5) is 0 Å². The highest BCUT2D eigenvalue weighted by Gasteiger charge is 2.23. The van der Waals surface area contributed by atoms with Crippen molar-refractivity contribution in [2.75, 3.05) is 0 Å². The van der Waals surface area contributed by atoms with Gasteiger partial charge >= 0.3 is 0 Å². The lowest BCUT2D eigenvalue weighted by Gasteiger charge is -2.21. The van der Waals surface area contributed by atoms with Crippen LogP contribution in [-0.4, -0.2) is 9.13 Å². The minimum absolute atomic E-state index is 1.22. The molecule has 0 fully saturated rings. The molecule has 13 aromatic rings. The highest BCUT2D eigenvalue weighted by molar-refractivity contribution is 6.23. The van der Waals surface area contributed by atoms with E-state index in [1.165, 1.54) is 126 Å². The molecular weight excluding hydrogens is 737 g/mol. The third-order valence-electron chi connectivity index (χ3n) is 13.1. The van der Waals surface area contributed by atoms with E-state index in [4.69, 9.17) is 0 Å². The summed E-state index contributed by atoms with van der Waals surface area (Å²) in [5.41, 5.74) is 13.5. The van der Waals surface area contributed by atoms with Crippen molar-refractivity contribution in [2.24, 2.45) is 0 Å². The highest BCUT2D eigenvalue weighted by atomic mass is 15.0. The summed E-state index contributed by atoms with van der Waals surface area (Å²) in [7, 11) is 0. The third kappa shape index (κ3) is 4.85. The molecule has 2 nitrogen and oxygen atoms in total. The van der Waals surface area contributed by atoms with E-state index in [1.54, 1.807) is 0 Å². The Hall–Kier alpha value is -7.94. The highest BCUT2D eigenvalue weighted by Crippen LogP contribution is 2.48. The molecule has 0 unspecified atom stereocenters. The number of hydrogen-bond acceptors (Lipinski definition) is 0. The van der Waals surface area contributed by atoms with Crippen molar-refractivity contribution < 1.29 is 0 Å². The average molecular weight is 775 g/mol. The van der Waals surface area contributed by atoms with Gasteiger partial charge in [-0.2, -0.15) is 0 Å². The van der Waals surface area contributed by atoms with E-state index < -0.39 is 0 Å². The molecule has 2 heteroatoms. The lowest BCUT2D eigenvalue weighted by atomic mass is 9.86. The normalized spacial score (nSPS) is 12.0. The molecule has 2 aromatic heterocycles. The molecule has 0 amide bonds. The fraction of sp³-hybridized carbons (Fsp3) is 0.0169. The van der Waals surface area contributed by atoms with E-state index in [0.29, 0.717) is 0 Å². The van der Waals surface area contributed by atoms with Gasteiger partial charge in [0.25, 0.3) is 0 Å². The monoisotopic (exact) mass is 774 g/mol. The summed E-state index contributed by atoms with van der Waals surface area (Å²) in [6, 6.07) is 78.6. The Balaban J connectivity index is 1.11. The molecule has 0 N–H and O–H groups in total. The summed E-state index contributed by atoms with van der Waals surface area (Å²) in [6.07, 6.45) is 0. The van der Waals surface area contributed by atoms with Crippen LogP contribution in [0.5, 0.6) is 0 Å². The first-order chi connectivity index (χ1) is 30.2. The second-order valence-electron chi connectivity index (χ2n) is 16.5. The van der Waals surface area contributed by atoms with Gasteiger partial charge in [0.15, 0.2) is 0 Å². The van der Waals surface area contributed by atoms with E-state index >= 15 is 0 Å². The van der Waals surface area contributed by atoms with Crippen molar-refractivity contribution in [3.8, 4) is 33.6 Å². The Morgan fingerprint density at radius 1 is 0.246 bits per heavy atom. The number of rotatable bonds is 4. The first kappa shape index (κ1) is 34.0. The molecule has 0 atom stereocenters. The van der Waals surface area contributed by atoms with Crippen molar-refractivity contribution in [3.63, 3.8) is 0 Å². The maximum Gasteiger partial charge on any atom is 0.0619 e. The van der Waals surface area contributed by atoms with Crippen LogP contribution in [0.15, 0.2) is 212 Å². The van der Waals surface area contributed by atoms with Crippen LogP contribution in [0.1, 0.15) is 5.56 Å². The van der Waals surface area contributed by atoms with E-state index in [9.17, 15) is 0 Å². The van der Waals surface area contributed by atoms with E-state index in [1.807, 2.05) is 0 Å². The van der Waals surface area contributed by atoms with Gasteiger partial charge in [-0.15, -0.1) is 0 Å². The molecule has 61 heavy (non-hydrogen) atoms. The zero-order valence-corrected chi connectivity index (χ0v) is 33.6. The van der Waals surface area contributed by atoms with Gasteiger partial charge in [0.1, 0.15) is 0 Å². The Labute approximate surface area is 352 Å². The molecule has 0 bridgehead atoms. The van der Waals surface area contributed by atoms with Crippen LogP contribution in [0, 0.1) is 6.92 Å². The van der Waals surface area contributed by atoms with Gasteiger partial charge in [-0.1, -0.05) is 182 Å². The van der Waals surface area contributed by atoms with Gasteiger partial charge in [0, 0.05) is 43.1 Å². The zero-order valence-electron chi connectivity index (χ0n) is 33.6. The summed E-state index contributed by atoms with van der Waals surface area (Å²) in [4.78, 5) is 0. The number of benzene rings is 11. The van der Waals surface area contributed by atoms with Crippen LogP contribution in [0.2, 0.25) is 0 Å². The van der Waals surface area contributed by atoms with Crippen molar-refractivity contribution in [1.29, 1.82) is 0 Å². The maximum absolute atomic E-state index is 2.50. The molecule has 11 aromatic carbocycles. The second-order valence-corrected chi connectivity index (χ2v) is 16.5. The fourth-order valence-corrected chi connectivity index (χ4v) is 10.7. The van der Waals surface area contributed by atoms with Gasteiger partial charge in [-0.25, -0.2) is 0 Å². The van der Waals surface area contributed by atoms with Gasteiger partial charge in [0.05, 0.1) is 33.4 Å². The summed E-state index contributed by atoms with van der Waals surface area (Å²) in [5.74, 6) is 0. The summed E-state index contributed by atoms with van der Waals surface area (Å²) in [6.45, 7) is 2.25. The fourth-order valence-electron chi connectivity index (χ4n) is 10.7. The molecule has 0 aliphatic heterocycles. The molecule has 0 radical (unpaired) electrons. The summed E-state index contributed by atoms with van der Waals surface area (Å²) >= 11 is 0. The molecule has 2 heterocycles. The van der Waals surface area contributed by atoms with E-state index in [-0.39, 0.29) is 0 Å². The predicted octanol–water partition coefficient (Wildman–Crippen LogP) is 16.1. The molecule has 0 aliphatic carbocycles. The number of para-hydroxylation sites is 4. The standard InChI is InChI=1S/C59H38N2/c1-37-34-38(56-44-22-2-6-26-48(44)58(49-27-7-3-23-45(49)56)60-52-30-14-10-18-40(52)41-19-11-15-31-53(41)60)36-39(35-37)57-46-24-4-8-28-50(46)59(51-29-9-5-25-47(51)57)61-54-32-16-12-20-42(54)43-21-13-17-33-55(43)61/h2-36H,1H3. The van der Waals surface area contributed by atoms with Gasteiger partial charge in [-0.05, 0) is 86.6 Å². The van der Waals surface area contributed by atoms with Crippen molar-refractivity contribution in [2.45, 2.75) is 6.92 Å². The molecule has 13 rings (SSSR count). The largest absolute Gasteiger partial charge is 0.308 e. The maximum atomic E-state index is 2.50. The van der Waals surface area contributed by atoms with E-state index in [2.05, 4.69) is 228 Å². The molecule has 0 aliphatic rings. The van der Waals surface area contributed by atoms with Crippen molar-refractivity contribution >= 4 is 86.7 Å². The first-order valence-electron chi connectivity index (χ1n) is 21.2. The van der Waals surface area contributed by atoms with Crippen LogP contribution < -0.4 is 0 Å². The van der Waals surface area contributed by atoms with Crippen LogP contribution in [0.25, 0.3) is 120 Å². The lowest BCUT2D eigenvalue weighted by Crippen LogP contribution is -2.00. The Bertz CT molecular complexity index is 3480. The van der Waals surface area contributed by atoms with Gasteiger partial charge in [-0.3, -0.25) is 0 Å². The van der Waals surface area contributed by atoms with Crippen molar-refractivity contribution in [1.82, 2.24) is 9.13 Å². The van der Waals surface area contributed by atoms with Gasteiger partial charge in [0.2, 0.25) is 0 Å². The first-order valence-corrected chi connectivity index (χ1v) is 21.2. The molecule has 0 saturated heterocycles. The van der Waals surface area contributed by atoms with E-state index in [0.717, 1.165) is 0 Å². The topological polar surface area (TPSA) is 9.86 Å². The number of aryl methyl sites for hydroxylation is 1. The second kappa shape index (κ2) is 13.0. The third-order valence-corrected chi connectivity index (χ3v) is 13.1. The van der Waals surface area contributed by atoms with Crippen LogP contribution in [-0.2, 0) is 0 Å². The lowest BCUT2D eigenvalue weighted by molar-refractivity contribution is 1.21. The summed E-state index contributed by atoms with van der Waals surface area (Å²) < 4.78 is 5.00. The minimum atomic E-state index is 1.22. The smallest absolute Gasteiger partial charge is 0.0619 e. The SMILES string of the molecule is Cc1cc(-c2c3ccccc3c(-n3c4ccccc4c4ccccc43)c3ccccc23)cc(-c2c3ccccc3c(-n3c4ccccc4c4ccccc43)c3ccccc23)c1. The number of fused-ring (bicyclic) bond motifs is 10. The number of nitrogens with zero attached hydrogens (tertiary/aromatic N) is 2. The average Bonchev–Trinajstić information content (AvgIpc) is 3.82. The molecule has 284 valence electrons. The Kier molecular flexibility index (Phi) is 7.26. The minimum Gasteiger partial charge on any atom is -0.308 e.